The summed E-state index contributed by atoms with van der Waals surface area (Å²) in [6.07, 6.45) is 8.05. The number of thioether (sulfide) groups is 1. The van der Waals surface area contributed by atoms with Crippen LogP contribution in [0.1, 0.15) is 18.1 Å². The van der Waals surface area contributed by atoms with Gasteiger partial charge in [0.15, 0.2) is 17.0 Å². The Labute approximate surface area is 169 Å². The number of ether oxygens (including phenoxy) is 2. The van der Waals surface area contributed by atoms with Crippen molar-refractivity contribution in [1.82, 2.24) is 5.32 Å². The fourth-order valence-electron chi connectivity index (χ4n) is 2.72. The minimum absolute atomic E-state index is 0.112. The van der Waals surface area contributed by atoms with E-state index in [0.29, 0.717) is 16.4 Å². The van der Waals surface area contributed by atoms with Crippen LogP contribution in [0.5, 0.6) is 11.5 Å². The Morgan fingerprint density at radius 3 is 2.71 bits per heavy atom. The van der Waals surface area contributed by atoms with Crippen molar-refractivity contribution in [3.8, 4) is 23.8 Å². The predicted octanol–water partition coefficient (Wildman–Crippen LogP) is 3.87. The zero-order valence-electron chi connectivity index (χ0n) is 15.8. The summed E-state index contributed by atoms with van der Waals surface area (Å²) in [6, 6.07) is 13.7. The second-order valence-electron chi connectivity index (χ2n) is 6.08. The van der Waals surface area contributed by atoms with E-state index >= 15 is 0 Å². The van der Waals surface area contributed by atoms with Crippen LogP contribution in [0.15, 0.2) is 47.4 Å². The molecule has 2 N–H and O–H groups in total. The fourth-order valence-corrected chi connectivity index (χ4v) is 3.70. The number of hydrogen-bond acceptors (Lipinski definition) is 5. The first-order chi connectivity index (χ1) is 13.6. The van der Waals surface area contributed by atoms with Crippen molar-refractivity contribution in [3.63, 3.8) is 0 Å². The lowest BCUT2D eigenvalue weighted by atomic mass is 10.1. The first-order valence-electron chi connectivity index (χ1n) is 8.92. The van der Waals surface area contributed by atoms with Crippen LogP contribution < -0.4 is 20.1 Å². The minimum atomic E-state index is -0.216. The van der Waals surface area contributed by atoms with Gasteiger partial charge in [0.25, 0.3) is 5.91 Å². The Kier molecular flexibility index (Phi) is 6.51. The molecule has 1 fully saturated rings. The lowest BCUT2D eigenvalue weighted by Gasteiger charge is -2.13. The van der Waals surface area contributed by atoms with Gasteiger partial charge in [-0.3, -0.25) is 4.79 Å². The Hall–Kier alpha value is -3.04. The Morgan fingerprint density at radius 1 is 1.25 bits per heavy atom. The number of amides is 1. The first-order valence-corrected chi connectivity index (χ1v) is 9.80. The fraction of sp³-hybridized carbons (Fsp3) is 0.227. The molecule has 6 heteroatoms. The molecule has 0 unspecified atom stereocenters. The van der Waals surface area contributed by atoms with Crippen LogP contribution in [0, 0.1) is 12.3 Å². The summed E-state index contributed by atoms with van der Waals surface area (Å²) in [6.45, 7) is 2.29. The number of carbonyl (C=O) groups is 1. The van der Waals surface area contributed by atoms with Crippen molar-refractivity contribution in [2.24, 2.45) is 0 Å². The van der Waals surface area contributed by atoms with Gasteiger partial charge in [0, 0.05) is 5.69 Å². The van der Waals surface area contributed by atoms with Gasteiger partial charge in [-0.05, 0) is 47.9 Å². The number of carbonyl (C=O) groups excluding carboxylic acids is 1. The molecule has 1 aliphatic heterocycles. The zero-order valence-corrected chi connectivity index (χ0v) is 16.6. The van der Waals surface area contributed by atoms with Gasteiger partial charge in [0.2, 0.25) is 0 Å². The molecular weight excluding hydrogens is 372 g/mol. The quantitative estimate of drug-likeness (QED) is 0.551. The van der Waals surface area contributed by atoms with Gasteiger partial charge in [-0.2, -0.15) is 0 Å². The lowest BCUT2D eigenvalue weighted by molar-refractivity contribution is -0.116. The molecule has 2 aromatic rings. The third kappa shape index (κ3) is 4.81. The molecular formula is C22H22N2O3S. The van der Waals surface area contributed by atoms with E-state index < -0.39 is 0 Å². The normalized spacial score (nSPS) is 17.1. The molecule has 1 amide bonds. The van der Waals surface area contributed by atoms with Crippen LogP contribution in [0.3, 0.4) is 0 Å². The summed E-state index contributed by atoms with van der Waals surface area (Å²) in [7, 11) is 1.57. The molecule has 0 aliphatic carbocycles. The van der Waals surface area contributed by atoms with E-state index in [0.717, 1.165) is 17.7 Å². The highest BCUT2D eigenvalue weighted by Gasteiger charge is 2.27. The molecule has 0 bridgehead atoms. The maximum Gasteiger partial charge on any atom is 0.260 e. The van der Waals surface area contributed by atoms with Crippen LogP contribution in [0.25, 0.3) is 6.08 Å². The highest BCUT2D eigenvalue weighted by atomic mass is 32.2. The largest absolute Gasteiger partial charge is 0.493 e. The van der Waals surface area contributed by atoms with E-state index in [1.54, 1.807) is 13.2 Å². The maximum atomic E-state index is 12.3. The van der Waals surface area contributed by atoms with Crippen molar-refractivity contribution in [1.29, 1.82) is 0 Å². The first kappa shape index (κ1) is 19.7. The van der Waals surface area contributed by atoms with Gasteiger partial charge in [-0.15, -0.1) is 6.42 Å². The van der Waals surface area contributed by atoms with Gasteiger partial charge in [0.1, 0.15) is 6.61 Å². The molecule has 1 aliphatic rings. The predicted molar refractivity (Wildman–Crippen MR) is 114 cm³/mol. The van der Waals surface area contributed by atoms with Crippen LogP contribution in [0.2, 0.25) is 0 Å². The molecule has 0 saturated carbocycles. The van der Waals surface area contributed by atoms with E-state index in [-0.39, 0.29) is 18.0 Å². The molecule has 0 spiro atoms. The number of benzene rings is 2. The summed E-state index contributed by atoms with van der Waals surface area (Å²) in [4.78, 5) is 13.0. The van der Waals surface area contributed by atoms with Crippen molar-refractivity contribution in [2.75, 3.05) is 19.0 Å². The van der Waals surface area contributed by atoms with E-state index in [1.165, 1.54) is 17.3 Å². The monoisotopic (exact) mass is 394 g/mol. The summed E-state index contributed by atoms with van der Waals surface area (Å²) in [5.41, 5.74) is 2.87. The lowest BCUT2D eigenvalue weighted by Crippen LogP contribution is -2.30. The van der Waals surface area contributed by atoms with Crippen LogP contribution in [-0.4, -0.2) is 25.1 Å². The SMILES string of the molecule is C#CCOc1ccc(/C=C2\S[C@@H](Nc3ccc(CC)cc3)NC2=O)cc1OC. The number of hydrogen-bond donors (Lipinski definition) is 2. The summed E-state index contributed by atoms with van der Waals surface area (Å²) in [5.74, 6) is 3.45. The van der Waals surface area contributed by atoms with Gasteiger partial charge in [0.05, 0.1) is 12.0 Å². The van der Waals surface area contributed by atoms with E-state index in [1.807, 2.05) is 30.3 Å². The van der Waals surface area contributed by atoms with Crippen LogP contribution >= 0.6 is 11.8 Å². The van der Waals surface area contributed by atoms with Gasteiger partial charge >= 0.3 is 0 Å². The summed E-state index contributed by atoms with van der Waals surface area (Å²) >= 11 is 1.44. The zero-order chi connectivity index (χ0) is 19.9. The van der Waals surface area contributed by atoms with Gasteiger partial charge in [-0.25, -0.2) is 0 Å². The maximum absolute atomic E-state index is 12.3. The van der Waals surface area contributed by atoms with Crippen LogP contribution in [-0.2, 0) is 11.2 Å². The molecule has 28 heavy (non-hydrogen) atoms. The highest BCUT2D eigenvalue weighted by Crippen LogP contribution is 2.33. The van der Waals surface area contributed by atoms with Gasteiger partial charge in [-0.1, -0.05) is 42.8 Å². The van der Waals surface area contributed by atoms with Crippen LogP contribution in [0.4, 0.5) is 5.69 Å². The molecule has 3 rings (SSSR count). The highest BCUT2D eigenvalue weighted by molar-refractivity contribution is 8.05. The smallest absolute Gasteiger partial charge is 0.260 e. The molecule has 5 nitrogen and oxygen atoms in total. The Bertz CT molecular complexity index is 916. The Morgan fingerprint density at radius 2 is 2.04 bits per heavy atom. The van der Waals surface area contributed by atoms with Crippen molar-refractivity contribution < 1.29 is 14.3 Å². The number of terminal acetylenes is 1. The molecule has 0 aromatic heterocycles. The summed E-state index contributed by atoms with van der Waals surface area (Å²) in [5, 5.41) is 6.26. The standard InChI is InChI=1S/C22H22N2O3S/c1-4-12-27-18-11-8-16(13-19(18)26-3)14-20-21(25)24-22(28-20)23-17-9-6-15(5-2)7-10-17/h1,6-11,13-14,22-23H,5,12H2,2-3H3,(H,24,25)/b20-14-/t22-/m0/s1. The Balaban J connectivity index is 1.70. The molecule has 1 saturated heterocycles. The molecule has 144 valence electrons. The number of aryl methyl sites for hydroxylation is 1. The third-order valence-electron chi connectivity index (χ3n) is 4.19. The second kappa shape index (κ2) is 9.25. The van der Waals surface area contributed by atoms with E-state index in [9.17, 15) is 4.79 Å². The molecule has 2 aromatic carbocycles. The number of anilines is 1. The van der Waals surface area contributed by atoms with E-state index in [4.69, 9.17) is 15.9 Å². The molecule has 1 atom stereocenters. The van der Waals surface area contributed by atoms with Crippen molar-refractivity contribution in [2.45, 2.75) is 18.8 Å². The van der Waals surface area contributed by atoms with E-state index in [2.05, 4.69) is 35.6 Å². The topological polar surface area (TPSA) is 59.6 Å². The average molecular weight is 394 g/mol. The third-order valence-corrected chi connectivity index (χ3v) is 5.22. The average Bonchev–Trinajstić information content (AvgIpc) is 3.06. The molecule has 0 radical (unpaired) electrons. The van der Waals surface area contributed by atoms with Crippen molar-refractivity contribution >= 4 is 29.4 Å². The number of nitrogens with one attached hydrogen (secondary N) is 2. The number of methoxy groups -OCH3 is 1. The van der Waals surface area contributed by atoms with Gasteiger partial charge < -0.3 is 20.1 Å². The van der Waals surface area contributed by atoms with Crippen molar-refractivity contribution in [3.05, 3.63) is 58.5 Å². The molecule has 1 heterocycles. The summed E-state index contributed by atoms with van der Waals surface area (Å²) < 4.78 is 10.8. The second-order valence-corrected chi connectivity index (χ2v) is 7.22. The number of rotatable bonds is 7. The minimum Gasteiger partial charge on any atom is -0.493 e.